The van der Waals surface area contributed by atoms with Crippen molar-refractivity contribution >= 4 is 28.7 Å². The summed E-state index contributed by atoms with van der Waals surface area (Å²) in [5.41, 5.74) is 0.713. The quantitative estimate of drug-likeness (QED) is 0.574. The third-order valence-electron chi connectivity index (χ3n) is 4.81. The van der Waals surface area contributed by atoms with Gasteiger partial charge in [0, 0.05) is 44.2 Å². The van der Waals surface area contributed by atoms with Crippen molar-refractivity contribution in [1.29, 1.82) is 0 Å². The standard InChI is InChI=1S/C20H22ClO3S.Y/c21-16-9-14(12-22)10-17(11-16)24-13-19-15(6-7-20(19)23)3-1-4-18-5-2-8-25-18;/h2,5,9-11,15,19,22H,1,3-4,6-7,12-13H2;/q-1;/t15-,19+;/m0./s1. The van der Waals surface area contributed by atoms with Crippen molar-refractivity contribution in [3.8, 4) is 5.75 Å². The fraction of sp³-hybridized carbons (Fsp3) is 0.450. The molecule has 1 heterocycles. The van der Waals surface area contributed by atoms with Gasteiger partial charge in [0.2, 0.25) is 0 Å². The van der Waals surface area contributed by atoms with Gasteiger partial charge in [0.25, 0.3) is 0 Å². The van der Waals surface area contributed by atoms with E-state index in [4.69, 9.17) is 16.3 Å². The predicted octanol–water partition coefficient (Wildman–Crippen LogP) is 4.69. The fourth-order valence-corrected chi connectivity index (χ4v) is 4.39. The smallest absolute Gasteiger partial charge is 0.139 e. The second-order valence-electron chi connectivity index (χ2n) is 6.55. The average molecular weight is 467 g/mol. The van der Waals surface area contributed by atoms with Gasteiger partial charge in [-0.1, -0.05) is 30.9 Å². The summed E-state index contributed by atoms with van der Waals surface area (Å²) in [7, 11) is 0. The number of benzene rings is 1. The summed E-state index contributed by atoms with van der Waals surface area (Å²) in [6.45, 7) is 0.309. The molecule has 2 atom stereocenters. The van der Waals surface area contributed by atoms with Crippen LogP contribution in [0.5, 0.6) is 5.75 Å². The van der Waals surface area contributed by atoms with Gasteiger partial charge in [-0.2, -0.15) is 6.07 Å². The zero-order valence-electron chi connectivity index (χ0n) is 14.6. The monoisotopic (exact) mass is 466 g/mol. The Labute approximate surface area is 189 Å². The van der Waals surface area contributed by atoms with Gasteiger partial charge in [0.05, 0.1) is 19.1 Å². The molecular weight excluding hydrogens is 445 g/mol. The molecule has 2 aromatic rings. The number of ketones is 1. The number of carbonyl (C=O) groups is 1. The van der Waals surface area contributed by atoms with Crippen molar-refractivity contribution in [2.45, 2.75) is 38.7 Å². The van der Waals surface area contributed by atoms with Gasteiger partial charge in [-0.25, -0.2) is 6.07 Å². The molecule has 0 bridgehead atoms. The minimum absolute atomic E-state index is 0. The zero-order valence-corrected chi connectivity index (χ0v) is 19.0. The van der Waals surface area contributed by atoms with Crippen LogP contribution in [0.1, 0.15) is 36.1 Å². The Morgan fingerprint density at radius 1 is 1.35 bits per heavy atom. The molecule has 1 aliphatic rings. The van der Waals surface area contributed by atoms with Crippen LogP contribution in [0.15, 0.2) is 30.3 Å². The molecule has 6 heteroatoms. The molecule has 1 aliphatic carbocycles. The van der Waals surface area contributed by atoms with Crippen molar-refractivity contribution in [1.82, 2.24) is 0 Å². The Kier molecular flexibility index (Phi) is 9.25. The van der Waals surface area contributed by atoms with Crippen LogP contribution in [0.3, 0.4) is 0 Å². The van der Waals surface area contributed by atoms with Crippen molar-refractivity contribution in [3.63, 3.8) is 0 Å². The molecule has 26 heavy (non-hydrogen) atoms. The number of thiophene rings is 1. The molecule has 137 valence electrons. The van der Waals surface area contributed by atoms with E-state index in [9.17, 15) is 9.90 Å². The van der Waals surface area contributed by atoms with Gasteiger partial charge in [0.15, 0.2) is 0 Å². The Hall–Kier alpha value is -0.256. The summed E-state index contributed by atoms with van der Waals surface area (Å²) in [6.07, 6.45) is 4.81. The van der Waals surface area contributed by atoms with E-state index in [0.29, 0.717) is 41.1 Å². The number of hydrogen-bond acceptors (Lipinski definition) is 4. The van der Waals surface area contributed by atoms with Crippen molar-refractivity contribution in [2.24, 2.45) is 11.8 Å². The number of Topliss-reactive ketones (excluding diaryl/α,β-unsaturated/α-hetero) is 1. The Balaban J connectivity index is 0.00000243. The molecule has 0 unspecified atom stereocenters. The number of ether oxygens (including phenoxy) is 1. The van der Waals surface area contributed by atoms with Crippen molar-refractivity contribution in [3.05, 3.63) is 51.2 Å². The predicted molar refractivity (Wildman–Crippen MR) is 100 cm³/mol. The van der Waals surface area contributed by atoms with E-state index in [1.54, 1.807) is 29.5 Å². The Bertz CT molecular complexity index is 705. The zero-order chi connectivity index (χ0) is 17.6. The fourth-order valence-electron chi connectivity index (χ4n) is 3.48. The van der Waals surface area contributed by atoms with E-state index in [1.165, 1.54) is 4.88 Å². The summed E-state index contributed by atoms with van der Waals surface area (Å²) < 4.78 is 5.85. The molecule has 0 aliphatic heterocycles. The van der Waals surface area contributed by atoms with Crippen LogP contribution in [0.25, 0.3) is 0 Å². The Morgan fingerprint density at radius 2 is 2.19 bits per heavy atom. The van der Waals surface area contributed by atoms with E-state index in [2.05, 4.69) is 11.4 Å². The minimum atomic E-state index is -0.0813. The van der Waals surface area contributed by atoms with Crippen LogP contribution in [0, 0.1) is 17.2 Å². The first-order valence-corrected chi connectivity index (χ1v) is 9.85. The first-order valence-electron chi connectivity index (χ1n) is 8.66. The van der Waals surface area contributed by atoms with Crippen LogP contribution >= 0.6 is 22.9 Å². The largest absolute Gasteiger partial charge is 0.493 e. The number of aliphatic hydroxyl groups is 1. The van der Waals surface area contributed by atoms with Crippen molar-refractivity contribution < 1.29 is 47.3 Å². The second kappa shape index (κ2) is 10.9. The second-order valence-corrected chi connectivity index (χ2v) is 7.95. The van der Waals surface area contributed by atoms with Gasteiger partial charge < -0.3 is 21.2 Å². The molecule has 3 nitrogen and oxygen atoms in total. The molecule has 1 aromatic heterocycles. The molecule has 1 aromatic carbocycles. The third-order valence-corrected chi connectivity index (χ3v) is 5.89. The van der Waals surface area contributed by atoms with E-state index < -0.39 is 0 Å². The number of aryl methyl sites for hydroxylation is 1. The maximum absolute atomic E-state index is 12.2. The maximum Gasteiger partial charge on any atom is 0.139 e. The average Bonchev–Trinajstić information content (AvgIpc) is 3.23. The summed E-state index contributed by atoms with van der Waals surface area (Å²) in [6, 6.07) is 9.28. The van der Waals surface area contributed by atoms with Gasteiger partial charge in [0.1, 0.15) is 11.5 Å². The molecule has 0 spiro atoms. The number of hydrogen-bond donors (Lipinski definition) is 1. The molecule has 1 fully saturated rings. The number of halogens is 1. The van der Waals surface area contributed by atoms with Crippen LogP contribution in [0.4, 0.5) is 0 Å². The molecule has 3 rings (SSSR count). The van der Waals surface area contributed by atoms with E-state index in [-0.39, 0.29) is 45.2 Å². The molecule has 1 N–H and O–H groups in total. The first kappa shape index (κ1) is 22.0. The molecular formula is C20H22ClO3SY-. The van der Waals surface area contributed by atoms with Gasteiger partial charge in [-0.3, -0.25) is 4.79 Å². The number of aliphatic hydroxyl groups excluding tert-OH is 1. The van der Waals surface area contributed by atoms with E-state index in [0.717, 1.165) is 25.7 Å². The van der Waals surface area contributed by atoms with Gasteiger partial charge in [-0.15, -0.1) is 10.3 Å². The normalized spacial score (nSPS) is 19.4. The SMILES string of the molecule is O=C1CC[C@H](CCCc2cc[c-]s2)[C@H]1COc1cc(Cl)cc(CO)c1.[Y]. The van der Waals surface area contributed by atoms with Crippen molar-refractivity contribution in [2.75, 3.05) is 6.61 Å². The molecule has 1 saturated carbocycles. The molecule has 0 amide bonds. The van der Waals surface area contributed by atoms with Gasteiger partial charge >= 0.3 is 0 Å². The van der Waals surface area contributed by atoms with Crippen LogP contribution in [0.2, 0.25) is 5.02 Å². The van der Waals surface area contributed by atoms with Gasteiger partial charge in [-0.05, 0) is 36.1 Å². The minimum Gasteiger partial charge on any atom is -0.493 e. The van der Waals surface area contributed by atoms with E-state index >= 15 is 0 Å². The summed E-state index contributed by atoms with van der Waals surface area (Å²) in [5.74, 6) is 1.28. The topological polar surface area (TPSA) is 46.5 Å². The number of rotatable bonds is 8. The van der Waals surface area contributed by atoms with Crippen LogP contribution < -0.4 is 4.74 Å². The Morgan fingerprint density at radius 3 is 2.92 bits per heavy atom. The third kappa shape index (κ3) is 6.13. The van der Waals surface area contributed by atoms with Crippen LogP contribution in [-0.2, 0) is 50.5 Å². The first-order chi connectivity index (χ1) is 12.2. The summed E-state index contributed by atoms with van der Waals surface area (Å²) in [4.78, 5) is 13.6. The van der Waals surface area contributed by atoms with Crippen LogP contribution in [-0.4, -0.2) is 17.5 Å². The van der Waals surface area contributed by atoms with E-state index in [1.807, 2.05) is 6.07 Å². The number of carbonyl (C=O) groups excluding carboxylic acids is 1. The molecule has 0 saturated heterocycles. The summed E-state index contributed by atoms with van der Waals surface area (Å²) >= 11 is 7.71. The molecule has 1 radical (unpaired) electrons. The maximum atomic E-state index is 12.2. The summed E-state index contributed by atoms with van der Waals surface area (Å²) in [5, 5.41) is 12.9.